The molecule has 0 radical (unpaired) electrons. The van der Waals surface area contributed by atoms with E-state index in [9.17, 15) is 0 Å². The van der Waals surface area contributed by atoms with Crippen molar-refractivity contribution in [1.29, 1.82) is 0 Å². The first kappa shape index (κ1) is 14.8. The zero-order chi connectivity index (χ0) is 9.07. The topological polar surface area (TPSA) is 24.7 Å². The molecule has 0 saturated carbocycles. The summed E-state index contributed by atoms with van der Waals surface area (Å²) in [6.45, 7) is 8.48. The molecule has 0 saturated heterocycles. The summed E-state index contributed by atoms with van der Waals surface area (Å²) in [5.74, 6) is 0. The third kappa shape index (κ3) is 14.1. The number of aliphatic imine (C=N–C) groups is 2. The molecule has 0 spiro atoms. The van der Waals surface area contributed by atoms with Gasteiger partial charge in [-0.1, -0.05) is 12.4 Å². The molecule has 13 heavy (non-hydrogen) atoms. The van der Waals surface area contributed by atoms with Gasteiger partial charge in [-0.05, 0) is 0 Å². The Labute approximate surface area is 94.8 Å². The van der Waals surface area contributed by atoms with E-state index in [4.69, 9.17) is 0 Å². The number of hydrogen-bond acceptors (Lipinski definition) is 2. The van der Waals surface area contributed by atoms with Gasteiger partial charge in [0.25, 0.3) is 0 Å². The molecule has 0 heterocycles. The van der Waals surface area contributed by atoms with Gasteiger partial charge >= 0.3 is 21.1 Å². The quantitative estimate of drug-likeness (QED) is 0.408. The van der Waals surface area contributed by atoms with Crippen LogP contribution in [0.25, 0.3) is 0 Å². The van der Waals surface area contributed by atoms with Gasteiger partial charge in [0.05, 0.1) is 13.1 Å². The van der Waals surface area contributed by atoms with Gasteiger partial charge in [0, 0.05) is 0 Å². The van der Waals surface area contributed by atoms with E-state index in [-0.39, 0.29) is 21.1 Å². The molecule has 0 aliphatic heterocycles. The zero-order valence-corrected chi connectivity index (χ0v) is 9.78. The molecule has 0 rings (SSSR count). The molecule has 0 atom stereocenters. The van der Waals surface area contributed by atoms with Crippen molar-refractivity contribution >= 4 is 12.4 Å². The average Bonchev–Trinajstić information content (AvgIpc) is 2.10. The summed E-state index contributed by atoms with van der Waals surface area (Å²) < 4.78 is 0. The van der Waals surface area contributed by atoms with Crippen molar-refractivity contribution in [3.05, 3.63) is 38.2 Å². The third-order valence-electron chi connectivity index (χ3n) is 1.01. The first-order valence-electron chi connectivity index (χ1n) is 3.80. The van der Waals surface area contributed by atoms with E-state index in [1.807, 2.05) is 0 Å². The molecule has 0 aromatic rings. The minimum absolute atomic E-state index is 0. The fraction of sp³-hybridized carbons (Fsp3) is 0.200. The van der Waals surface area contributed by atoms with Crippen molar-refractivity contribution in [2.24, 2.45) is 9.98 Å². The van der Waals surface area contributed by atoms with Crippen molar-refractivity contribution in [3.8, 4) is 0 Å². The molecular formula is C10H14N2Pt. The van der Waals surface area contributed by atoms with Crippen LogP contribution in [0.5, 0.6) is 0 Å². The minimum Gasteiger partial charge on any atom is -0.310 e. The Bertz CT molecular complexity index is 171. The Balaban J connectivity index is 0. The van der Waals surface area contributed by atoms with E-state index in [2.05, 4.69) is 23.8 Å². The van der Waals surface area contributed by atoms with Crippen molar-refractivity contribution in [2.45, 2.75) is 0 Å². The fourth-order valence-corrected chi connectivity index (χ4v) is 0.508. The molecule has 0 bridgehead atoms. The van der Waals surface area contributed by atoms with Gasteiger partial charge in [-0.3, -0.25) is 0 Å². The molecular weight excluding hydrogens is 343 g/mol. The monoisotopic (exact) mass is 357 g/mol. The smallest absolute Gasteiger partial charge is 0.310 e. The Kier molecular flexibility index (Phi) is 15.7. The van der Waals surface area contributed by atoms with Gasteiger partial charge < -0.3 is 9.98 Å². The predicted molar refractivity (Wildman–Crippen MR) is 55.7 cm³/mol. The molecule has 0 amide bonds. The summed E-state index contributed by atoms with van der Waals surface area (Å²) in [6, 6.07) is 0. The van der Waals surface area contributed by atoms with Gasteiger partial charge in [0.2, 0.25) is 0 Å². The van der Waals surface area contributed by atoms with E-state index < -0.39 is 0 Å². The maximum absolute atomic E-state index is 4.05. The number of nitrogens with zero attached hydrogens (tertiary/aromatic N) is 2. The summed E-state index contributed by atoms with van der Waals surface area (Å²) in [4.78, 5) is 8.11. The largest absolute Gasteiger partial charge is 2.00 e. The van der Waals surface area contributed by atoms with E-state index in [1.54, 1.807) is 36.7 Å². The Morgan fingerprint density at radius 3 is 1.54 bits per heavy atom. The number of rotatable bonds is 5. The SMILES string of the molecule is [CH2-]/C=C\C=NCCN=C/C=C\[CH2-].[Pt+2]. The average molecular weight is 357 g/mol. The molecule has 2 nitrogen and oxygen atoms in total. The van der Waals surface area contributed by atoms with Crippen LogP contribution in [0.3, 0.4) is 0 Å². The van der Waals surface area contributed by atoms with Crippen molar-refractivity contribution in [2.75, 3.05) is 13.1 Å². The second-order valence-corrected chi connectivity index (χ2v) is 1.97. The van der Waals surface area contributed by atoms with Crippen LogP contribution < -0.4 is 0 Å². The van der Waals surface area contributed by atoms with Crippen LogP contribution in [0.15, 0.2) is 34.3 Å². The fourth-order valence-electron chi connectivity index (χ4n) is 0.508. The van der Waals surface area contributed by atoms with Gasteiger partial charge in [-0.2, -0.15) is 12.2 Å². The molecule has 0 aliphatic rings. The van der Waals surface area contributed by atoms with Crippen LogP contribution in [0.2, 0.25) is 0 Å². The van der Waals surface area contributed by atoms with E-state index in [1.165, 1.54) is 0 Å². The van der Waals surface area contributed by atoms with Gasteiger partial charge in [-0.25, -0.2) is 26.0 Å². The molecule has 0 N–H and O–H groups in total. The van der Waals surface area contributed by atoms with Gasteiger partial charge in [0.1, 0.15) is 0 Å². The van der Waals surface area contributed by atoms with Crippen LogP contribution in [0.4, 0.5) is 0 Å². The summed E-state index contributed by atoms with van der Waals surface area (Å²) in [5, 5.41) is 0. The number of allylic oxidation sites excluding steroid dienone is 4. The Morgan fingerprint density at radius 1 is 0.846 bits per heavy atom. The number of hydrogen-bond donors (Lipinski definition) is 0. The van der Waals surface area contributed by atoms with E-state index in [0.29, 0.717) is 13.1 Å². The summed E-state index contributed by atoms with van der Waals surface area (Å²) >= 11 is 0. The van der Waals surface area contributed by atoms with Gasteiger partial charge in [-0.15, -0.1) is 0 Å². The maximum Gasteiger partial charge on any atom is 2.00 e. The molecule has 74 valence electrons. The van der Waals surface area contributed by atoms with Crippen LogP contribution >= 0.6 is 0 Å². The van der Waals surface area contributed by atoms with E-state index >= 15 is 0 Å². The maximum atomic E-state index is 4.05. The zero-order valence-electron chi connectivity index (χ0n) is 7.50. The third-order valence-corrected chi connectivity index (χ3v) is 1.01. The standard InChI is InChI=1S/C10H14N2.Pt/c1-3-5-7-11-9-10-12-8-6-4-2;/h3-8H,1-2,9-10H2;/q-2;+2/b5-3-,6-4-,11-7?,12-8?;. The van der Waals surface area contributed by atoms with Crippen LogP contribution in [-0.4, -0.2) is 25.5 Å². The molecule has 0 aliphatic carbocycles. The van der Waals surface area contributed by atoms with Gasteiger partial charge in [0.15, 0.2) is 0 Å². The first-order valence-corrected chi connectivity index (χ1v) is 3.80. The molecule has 3 heteroatoms. The second kappa shape index (κ2) is 13.8. The molecule has 0 unspecified atom stereocenters. The molecule has 0 aromatic carbocycles. The van der Waals surface area contributed by atoms with Crippen LogP contribution in [0, 0.1) is 13.8 Å². The van der Waals surface area contributed by atoms with Crippen molar-refractivity contribution in [1.82, 2.24) is 0 Å². The summed E-state index contributed by atoms with van der Waals surface area (Å²) in [5.41, 5.74) is 0. The molecule has 0 fully saturated rings. The normalized spacial score (nSPS) is 12.0. The summed E-state index contributed by atoms with van der Waals surface area (Å²) in [7, 11) is 0. The first-order chi connectivity index (χ1) is 5.91. The summed E-state index contributed by atoms with van der Waals surface area (Å²) in [6.07, 6.45) is 10.4. The molecule has 0 aromatic heterocycles. The van der Waals surface area contributed by atoms with E-state index in [0.717, 1.165) is 0 Å². The second-order valence-electron chi connectivity index (χ2n) is 1.97. The van der Waals surface area contributed by atoms with Crippen LogP contribution in [-0.2, 0) is 21.1 Å². The Hall–Kier alpha value is -0.752. The Morgan fingerprint density at radius 2 is 1.23 bits per heavy atom. The van der Waals surface area contributed by atoms with Crippen molar-refractivity contribution in [3.63, 3.8) is 0 Å². The minimum atomic E-state index is 0. The van der Waals surface area contributed by atoms with Crippen molar-refractivity contribution < 1.29 is 21.1 Å². The predicted octanol–water partition coefficient (Wildman–Crippen LogP) is 1.91. The van der Waals surface area contributed by atoms with Crippen LogP contribution in [0.1, 0.15) is 0 Å².